The number of ether oxygens (including phenoxy) is 1. The van der Waals surface area contributed by atoms with Crippen LogP contribution in [0.25, 0.3) is 16.7 Å². The van der Waals surface area contributed by atoms with E-state index in [1.807, 2.05) is 0 Å². The SMILES string of the molecule is O=C(Nc1c(F)cc(Oc2ccnc3[nH]ccc23)cc1Cl)c1cccn(-c2ccc(F)cc2)c1=O. The van der Waals surface area contributed by atoms with E-state index in [2.05, 4.69) is 15.3 Å². The largest absolute Gasteiger partial charge is 0.456 e. The number of nitrogens with zero attached hydrogens (tertiary/aromatic N) is 2. The van der Waals surface area contributed by atoms with Crippen LogP contribution in [0.5, 0.6) is 11.5 Å². The Balaban J connectivity index is 1.41. The number of amides is 1. The topological polar surface area (TPSA) is 89.0 Å². The maximum absolute atomic E-state index is 14.9. The standard InChI is InChI=1S/C25H15ClF2N4O3/c26-19-12-16(35-21-8-10-30-23-17(21)7-9-29-23)13-20(28)22(19)31-24(33)18-2-1-11-32(25(18)34)15-5-3-14(27)4-6-15/h1-13H,(H,29,30)(H,31,33). The fraction of sp³-hybridized carbons (Fsp3) is 0. The zero-order valence-corrected chi connectivity index (χ0v) is 18.5. The Hall–Kier alpha value is -4.50. The normalized spacial score (nSPS) is 10.9. The average Bonchev–Trinajstić information content (AvgIpc) is 3.32. The fourth-order valence-corrected chi connectivity index (χ4v) is 3.78. The minimum Gasteiger partial charge on any atom is -0.456 e. The number of carbonyl (C=O) groups excluding carboxylic acids is 1. The van der Waals surface area contributed by atoms with E-state index in [4.69, 9.17) is 16.3 Å². The van der Waals surface area contributed by atoms with Gasteiger partial charge in [-0.3, -0.25) is 14.2 Å². The van der Waals surface area contributed by atoms with Gasteiger partial charge in [0.15, 0.2) is 5.82 Å². The lowest BCUT2D eigenvalue weighted by molar-refractivity contribution is 0.102. The van der Waals surface area contributed by atoms with Crippen LogP contribution in [0.2, 0.25) is 5.02 Å². The van der Waals surface area contributed by atoms with Crippen LogP contribution in [-0.4, -0.2) is 20.4 Å². The van der Waals surface area contributed by atoms with E-state index in [0.717, 1.165) is 6.07 Å². The molecule has 0 fully saturated rings. The van der Waals surface area contributed by atoms with Crippen molar-refractivity contribution in [1.29, 1.82) is 0 Å². The number of anilines is 1. The number of halogens is 3. The maximum Gasteiger partial charge on any atom is 0.267 e. The third kappa shape index (κ3) is 4.36. The van der Waals surface area contributed by atoms with Crippen LogP contribution < -0.4 is 15.6 Å². The number of hydrogen-bond acceptors (Lipinski definition) is 4. The zero-order chi connectivity index (χ0) is 24.5. The number of carbonyl (C=O) groups is 1. The summed E-state index contributed by atoms with van der Waals surface area (Å²) in [5.74, 6) is -1.62. The minimum absolute atomic E-state index is 0.109. The molecule has 0 bridgehead atoms. The zero-order valence-electron chi connectivity index (χ0n) is 17.8. The lowest BCUT2D eigenvalue weighted by Gasteiger charge is -2.13. The summed E-state index contributed by atoms with van der Waals surface area (Å²) in [5.41, 5.74) is -0.251. The highest BCUT2D eigenvalue weighted by Crippen LogP contribution is 2.34. The van der Waals surface area contributed by atoms with E-state index in [1.54, 1.807) is 24.5 Å². The van der Waals surface area contributed by atoms with Crippen LogP contribution in [0.1, 0.15) is 10.4 Å². The molecule has 0 aliphatic rings. The molecule has 0 aliphatic heterocycles. The van der Waals surface area contributed by atoms with Crippen molar-refractivity contribution in [3.8, 4) is 17.2 Å². The number of rotatable bonds is 5. The first-order valence-electron chi connectivity index (χ1n) is 10.3. The summed E-state index contributed by atoms with van der Waals surface area (Å²) in [6.07, 6.45) is 4.68. The molecule has 0 radical (unpaired) electrons. The summed E-state index contributed by atoms with van der Waals surface area (Å²) in [6.45, 7) is 0. The predicted octanol–water partition coefficient (Wildman–Crippen LogP) is 5.69. The van der Waals surface area contributed by atoms with E-state index >= 15 is 0 Å². The number of fused-ring (bicyclic) bond motifs is 1. The first kappa shape index (κ1) is 22.3. The lowest BCUT2D eigenvalue weighted by atomic mass is 10.2. The van der Waals surface area contributed by atoms with E-state index < -0.39 is 23.1 Å². The van der Waals surface area contributed by atoms with Gasteiger partial charge in [-0.2, -0.15) is 0 Å². The number of H-pyrrole nitrogens is 1. The molecule has 10 heteroatoms. The van der Waals surface area contributed by atoms with E-state index in [9.17, 15) is 18.4 Å². The van der Waals surface area contributed by atoms with Crippen LogP contribution in [0, 0.1) is 11.6 Å². The van der Waals surface area contributed by atoms with Gasteiger partial charge in [0.25, 0.3) is 11.5 Å². The van der Waals surface area contributed by atoms with Crippen LogP contribution in [0.15, 0.2) is 84.0 Å². The van der Waals surface area contributed by atoms with Crippen molar-refractivity contribution in [2.24, 2.45) is 0 Å². The van der Waals surface area contributed by atoms with Gasteiger partial charge in [0.2, 0.25) is 0 Å². The molecule has 0 atom stereocenters. The van der Waals surface area contributed by atoms with Gasteiger partial charge in [-0.1, -0.05) is 11.6 Å². The molecule has 0 unspecified atom stereocenters. The molecule has 5 rings (SSSR count). The van der Waals surface area contributed by atoms with Crippen LogP contribution in [-0.2, 0) is 0 Å². The number of benzene rings is 2. The van der Waals surface area contributed by atoms with Gasteiger partial charge in [-0.25, -0.2) is 13.8 Å². The number of nitrogens with one attached hydrogen (secondary N) is 2. The van der Waals surface area contributed by atoms with Crippen molar-refractivity contribution >= 4 is 34.2 Å². The summed E-state index contributed by atoms with van der Waals surface area (Å²) in [4.78, 5) is 32.8. The van der Waals surface area contributed by atoms with Crippen molar-refractivity contribution in [3.05, 3.63) is 112 Å². The molecular formula is C25H15ClF2N4O3. The molecule has 1 amide bonds. The maximum atomic E-state index is 14.9. The third-order valence-corrected chi connectivity index (χ3v) is 5.50. The summed E-state index contributed by atoms with van der Waals surface area (Å²) in [6, 6.07) is 13.8. The molecule has 2 aromatic carbocycles. The first-order chi connectivity index (χ1) is 16.9. The highest BCUT2D eigenvalue weighted by Gasteiger charge is 2.18. The van der Waals surface area contributed by atoms with E-state index in [-0.39, 0.29) is 22.0 Å². The van der Waals surface area contributed by atoms with Crippen LogP contribution in [0.4, 0.5) is 14.5 Å². The molecule has 0 saturated carbocycles. The second-order valence-corrected chi connectivity index (χ2v) is 7.85. The Morgan fingerprint density at radius 2 is 1.89 bits per heavy atom. The highest BCUT2D eigenvalue weighted by atomic mass is 35.5. The summed E-state index contributed by atoms with van der Waals surface area (Å²) in [7, 11) is 0. The van der Waals surface area contributed by atoms with Gasteiger partial charge in [0.1, 0.15) is 28.5 Å². The molecule has 3 aromatic heterocycles. The molecule has 2 N–H and O–H groups in total. The Morgan fingerprint density at radius 1 is 1.09 bits per heavy atom. The van der Waals surface area contributed by atoms with Gasteiger partial charge < -0.3 is 15.0 Å². The highest BCUT2D eigenvalue weighted by molar-refractivity contribution is 6.34. The van der Waals surface area contributed by atoms with Gasteiger partial charge >= 0.3 is 0 Å². The molecule has 174 valence electrons. The monoisotopic (exact) mass is 492 g/mol. The number of aromatic nitrogens is 3. The van der Waals surface area contributed by atoms with Crippen molar-refractivity contribution in [3.63, 3.8) is 0 Å². The van der Waals surface area contributed by atoms with Crippen molar-refractivity contribution in [2.75, 3.05) is 5.32 Å². The fourth-order valence-electron chi connectivity index (χ4n) is 3.53. The molecule has 3 heterocycles. The number of aromatic amines is 1. The van der Waals surface area contributed by atoms with Crippen molar-refractivity contribution in [1.82, 2.24) is 14.5 Å². The second kappa shape index (κ2) is 9.03. The Kier molecular flexibility index (Phi) is 5.76. The van der Waals surface area contributed by atoms with Gasteiger partial charge in [0.05, 0.1) is 16.1 Å². The average molecular weight is 493 g/mol. The summed E-state index contributed by atoms with van der Waals surface area (Å²) < 4.78 is 35.1. The molecule has 0 aliphatic carbocycles. The molecule has 7 nitrogen and oxygen atoms in total. The molecule has 35 heavy (non-hydrogen) atoms. The lowest BCUT2D eigenvalue weighted by Crippen LogP contribution is -2.28. The van der Waals surface area contributed by atoms with Crippen LogP contribution >= 0.6 is 11.6 Å². The summed E-state index contributed by atoms with van der Waals surface area (Å²) >= 11 is 6.24. The molecule has 0 spiro atoms. The van der Waals surface area contributed by atoms with Crippen molar-refractivity contribution < 1.29 is 18.3 Å². The van der Waals surface area contributed by atoms with Crippen LogP contribution in [0.3, 0.4) is 0 Å². The summed E-state index contributed by atoms with van der Waals surface area (Å²) in [5, 5.41) is 2.92. The predicted molar refractivity (Wildman–Crippen MR) is 128 cm³/mol. The number of pyridine rings is 2. The van der Waals surface area contributed by atoms with Gasteiger partial charge in [0, 0.05) is 36.4 Å². The Morgan fingerprint density at radius 3 is 2.66 bits per heavy atom. The second-order valence-electron chi connectivity index (χ2n) is 7.44. The van der Waals surface area contributed by atoms with Crippen molar-refractivity contribution in [2.45, 2.75) is 0 Å². The third-order valence-electron chi connectivity index (χ3n) is 5.20. The minimum atomic E-state index is -0.857. The smallest absolute Gasteiger partial charge is 0.267 e. The number of hydrogen-bond donors (Lipinski definition) is 2. The molecule has 0 saturated heterocycles. The first-order valence-corrected chi connectivity index (χ1v) is 10.7. The van der Waals surface area contributed by atoms with Gasteiger partial charge in [-0.05, 0) is 48.5 Å². The quantitative estimate of drug-likeness (QED) is 0.330. The molecule has 5 aromatic rings. The van der Waals surface area contributed by atoms with E-state index in [1.165, 1.54) is 53.2 Å². The van der Waals surface area contributed by atoms with Gasteiger partial charge in [-0.15, -0.1) is 0 Å². The molecular weight excluding hydrogens is 478 g/mol. The Labute approximate surface area is 201 Å². The Bertz CT molecular complexity index is 1610. The van der Waals surface area contributed by atoms with E-state index in [0.29, 0.717) is 22.5 Å².